The molecule has 0 aliphatic rings. The molecule has 0 fully saturated rings. The molecular weight excluding hydrogens is 416 g/mol. The summed E-state index contributed by atoms with van der Waals surface area (Å²) in [7, 11) is 0. The van der Waals surface area contributed by atoms with Gasteiger partial charge in [0.2, 0.25) is 11.8 Å². The summed E-state index contributed by atoms with van der Waals surface area (Å²) in [4.78, 5) is 67.4. The van der Waals surface area contributed by atoms with Crippen LogP contribution in [0.15, 0.2) is 26.6 Å². The van der Waals surface area contributed by atoms with Crippen LogP contribution in [-0.2, 0) is 9.59 Å². The number of rotatable bonds is 8. The third-order valence-electron chi connectivity index (χ3n) is 3.72. The van der Waals surface area contributed by atoms with Crippen LogP contribution in [0.2, 0.25) is 0 Å². The molecule has 1 amide bonds. The lowest BCUT2D eigenvalue weighted by Gasteiger charge is -2.11. The Kier molecular flexibility index (Phi) is 5.95. The van der Waals surface area contributed by atoms with Crippen molar-refractivity contribution in [2.24, 2.45) is 4.99 Å². The van der Waals surface area contributed by atoms with Gasteiger partial charge in [-0.3, -0.25) is 14.4 Å². The first-order valence-corrected chi connectivity index (χ1v) is 8.51. The van der Waals surface area contributed by atoms with Crippen molar-refractivity contribution in [3.8, 4) is 0 Å². The first-order valence-electron chi connectivity index (χ1n) is 8.51. The number of aliphatic carboxylic acids is 2. The van der Waals surface area contributed by atoms with E-state index in [2.05, 4.69) is 35.2 Å². The number of aromatic amines is 1. The number of anilines is 1. The molecule has 3 heterocycles. The van der Waals surface area contributed by atoms with Crippen LogP contribution in [0.25, 0.3) is 11.2 Å². The van der Waals surface area contributed by atoms with E-state index in [9.17, 15) is 19.2 Å². The van der Waals surface area contributed by atoms with E-state index in [1.165, 1.54) is 12.4 Å². The highest BCUT2D eigenvalue weighted by molar-refractivity contribution is 5.93. The van der Waals surface area contributed by atoms with Gasteiger partial charge in [-0.1, -0.05) is 0 Å². The van der Waals surface area contributed by atoms with Crippen molar-refractivity contribution >= 4 is 47.1 Å². The molecule has 0 bridgehead atoms. The molecule has 3 aromatic rings. The zero-order valence-corrected chi connectivity index (χ0v) is 15.5. The van der Waals surface area contributed by atoms with Crippen LogP contribution in [-0.4, -0.2) is 65.2 Å². The molecule has 0 aliphatic carbocycles. The van der Waals surface area contributed by atoms with Crippen LogP contribution in [0, 0.1) is 0 Å². The number of oxazole rings is 1. The number of nitrogens with zero attached hydrogens (tertiary/aromatic N) is 5. The topological polar surface area (TPSA) is 240 Å². The van der Waals surface area contributed by atoms with Gasteiger partial charge in [0.1, 0.15) is 11.7 Å². The molecule has 0 saturated heterocycles. The Morgan fingerprint density at radius 3 is 2.74 bits per heavy atom. The number of nitrogens with one attached hydrogen (secondary N) is 2. The zero-order chi connectivity index (χ0) is 22.5. The van der Waals surface area contributed by atoms with Gasteiger partial charge in [0.15, 0.2) is 11.2 Å². The molecule has 0 saturated carbocycles. The SMILES string of the molecule is Nc1nc(=O)c2nc(/C=N/c3cnc(C(=O)NC(CCC(=O)O)C(=O)O)o3)cnc2[nH]1. The fraction of sp³-hybridized carbons (Fsp3) is 0.188. The second kappa shape index (κ2) is 8.76. The molecule has 15 heteroatoms. The van der Waals surface area contributed by atoms with Gasteiger partial charge in [0, 0.05) is 6.42 Å². The van der Waals surface area contributed by atoms with Crippen LogP contribution >= 0.6 is 0 Å². The van der Waals surface area contributed by atoms with Gasteiger partial charge in [-0.05, 0) is 6.42 Å². The number of H-pyrrole nitrogens is 1. The molecule has 6 N–H and O–H groups in total. The van der Waals surface area contributed by atoms with Gasteiger partial charge in [-0.25, -0.2) is 24.7 Å². The van der Waals surface area contributed by atoms with Crippen LogP contribution < -0.4 is 16.6 Å². The number of carbonyl (C=O) groups excluding carboxylic acids is 1. The summed E-state index contributed by atoms with van der Waals surface area (Å²) in [6.45, 7) is 0. The van der Waals surface area contributed by atoms with E-state index < -0.39 is 41.8 Å². The first-order chi connectivity index (χ1) is 14.7. The van der Waals surface area contributed by atoms with Crippen molar-refractivity contribution in [2.45, 2.75) is 18.9 Å². The van der Waals surface area contributed by atoms with Crippen molar-refractivity contribution in [1.29, 1.82) is 0 Å². The summed E-state index contributed by atoms with van der Waals surface area (Å²) in [5, 5.41) is 19.8. The summed E-state index contributed by atoms with van der Waals surface area (Å²) >= 11 is 0. The second-order valence-electron chi connectivity index (χ2n) is 5.98. The fourth-order valence-electron chi connectivity index (χ4n) is 2.32. The molecular formula is C16H14N8O7. The summed E-state index contributed by atoms with van der Waals surface area (Å²) in [5.74, 6) is -4.26. The number of aromatic nitrogens is 5. The van der Waals surface area contributed by atoms with Crippen molar-refractivity contribution in [2.75, 3.05) is 5.73 Å². The predicted molar refractivity (Wildman–Crippen MR) is 102 cm³/mol. The number of aliphatic imine (C=N–C) groups is 1. The Morgan fingerprint density at radius 1 is 1.26 bits per heavy atom. The Hall–Kier alpha value is -4.69. The van der Waals surface area contributed by atoms with Crippen molar-refractivity contribution in [3.05, 3.63) is 34.3 Å². The Balaban J connectivity index is 1.71. The van der Waals surface area contributed by atoms with E-state index >= 15 is 0 Å². The highest BCUT2D eigenvalue weighted by Gasteiger charge is 2.24. The minimum Gasteiger partial charge on any atom is -0.481 e. The largest absolute Gasteiger partial charge is 0.481 e. The molecule has 3 rings (SSSR count). The average molecular weight is 430 g/mol. The van der Waals surface area contributed by atoms with E-state index in [1.807, 2.05) is 0 Å². The lowest BCUT2D eigenvalue weighted by molar-refractivity contribution is -0.140. The quantitative estimate of drug-likeness (QED) is 0.273. The third-order valence-corrected chi connectivity index (χ3v) is 3.72. The van der Waals surface area contributed by atoms with E-state index in [-0.39, 0.29) is 35.1 Å². The molecule has 15 nitrogen and oxygen atoms in total. The number of hydrogen-bond donors (Lipinski definition) is 5. The third kappa shape index (κ3) is 5.22. The second-order valence-corrected chi connectivity index (χ2v) is 5.98. The average Bonchev–Trinajstić information content (AvgIpc) is 3.18. The van der Waals surface area contributed by atoms with Gasteiger partial charge in [-0.15, -0.1) is 0 Å². The van der Waals surface area contributed by atoms with Gasteiger partial charge in [0.25, 0.3) is 5.89 Å². The monoisotopic (exact) mass is 430 g/mol. The molecule has 1 unspecified atom stereocenters. The van der Waals surface area contributed by atoms with Crippen LogP contribution in [0.5, 0.6) is 0 Å². The Morgan fingerprint density at radius 2 is 2.03 bits per heavy atom. The molecule has 0 radical (unpaired) electrons. The molecule has 31 heavy (non-hydrogen) atoms. The minimum atomic E-state index is -1.43. The number of carboxylic acids is 2. The van der Waals surface area contributed by atoms with Crippen molar-refractivity contribution in [1.82, 2.24) is 30.2 Å². The van der Waals surface area contributed by atoms with Crippen molar-refractivity contribution < 1.29 is 29.0 Å². The van der Waals surface area contributed by atoms with Gasteiger partial charge in [-0.2, -0.15) is 4.98 Å². The zero-order valence-electron chi connectivity index (χ0n) is 15.5. The number of fused-ring (bicyclic) bond motifs is 1. The van der Waals surface area contributed by atoms with Gasteiger partial charge in [0.05, 0.1) is 18.6 Å². The maximum absolute atomic E-state index is 12.1. The number of nitrogen functional groups attached to an aromatic ring is 1. The molecule has 0 aromatic carbocycles. The lowest BCUT2D eigenvalue weighted by atomic mass is 10.1. The Labute approximate surface area is 171 Å². The number of hydrogen-bond acceptors (Lipinski definition) is 11. The molecule has 0 aliphatic heterocycles. The maximum atomic E-state index is 12.1. The van der Waals surface area contributed by atoms with Crippen LogP contribution in [0.3, 0.4) is 0 Å². The first kappa shape index (κ1) is 21.0. The summed E-state index contributed by atoms with van der Waals surface area (Å²) in [6, 6.07) is -1.43. The summed E-state index contributed by atoms with van der Waals surface area (Å²) < 4.78 is 5.13. The summed E-state index contributed by atoms with van der Waals surface area (Å²) in [6.07, 6.45) is 2.82. The van der Waals surface area contributed by atoms with Crippen molar-refractivity contribution in [3.63, 3.8) is 0 Å². The van der Waals surface area contributed by atoms with Crippen LogP contribution in [0.4, 0.5) is 11.8 Å². The van der Waals surface area contributed by atoms with E-state index in [0.717, 1.165) is 6.20 Å². The normalized spacial score (nSPS) is 12.1. The molecule has 1 atom stereocenters. The highest BCUT2D eigenvalue weighted by atomic mass is 16.4. The lowest BCUT2D eigenvalue weighted by Crippen LogP contribution is -2.41. The smallest absolute Gasteiger partial charge is 0.326 e. The standard InChI is InChI=1S/C16H14N8O7/c17-16-23-11-10(12(27)24-16)21-6(4-19-11)3-18-8-5-20-14(31-8)13(28)22-7(15(29)30)1-2-9(25)26/h3-5,7H,1-2H2,(H,22,28)(H,25,26)(H,29,30)(H3,17,19,23,24,27)/b18-3+. The van der Waals surface area contributed by atoms with Gasteiger partial charge >= 0.3 is 23.4 Å². The fourth-order valence-corrected chi connectivity index (χ4v) is 2.32. The molecule has 3 aromatic heterocycles. The van der Waals surface area contributed by atoms with Crippen LogP contribution in [0.1, 0.15) is 29.2 Å². The van der Waals surface area contributed by atoms with E-state index in [1.54, 1.807) is 0 Å². The molecule has 0 spiro atoms. The Bertz CT molecular complexity index is 1250. The number of carbonyl (C=O) groups is 3. The number of carboxylic acid groups (broad SMARTS) is 2. The van der Waals surface area contributed by atoms with E-state index in [0.29, 0.717) is 0 Å². The minimum absolute atomic E-state index is 0.0585. The summed E-state index contributed by atoms with van der Waals surface area (Å²) in [5.41, 5.74) is 5.01. The highest BCUT2D eigenvalue weighted by Crippen LogP contribution is 2.14. The predicted octanol–water partition coefficient (Wildman–Crippen LogP) is -0.918. The number of nitrogens with two attached hydrogens (primary N) is 1. The van der Waals surface area contributed by atoms with Gasteiger partial charge < -0.3 is 30.7 Å². The van der Waals surface area contributed by atoms with E-state index in [4.69, 9.17) is 20.4 Å². The molecule has 160 valence electrons. The number of amides is 1. The maximum Gasteiger partial charge on any atom is 0.326 e.